The van der Waals surface area contributed by atoms with Crippen LogP contribution >= 0.6 is 0 Å². The fourth-order valence-electron chi connectivity index (χ4n) is 3.47. The number of benzene rings is 3. The average Bonchev–Trinajstić information content (AvgIpc) is 2.63. The van der Waals surface area contributed by atoms with Crippen LogP contribution in [0.3, 0.4) is 0 Å². The van der Waals surface area contributed by atoms with E-state index in [9.17, 15) is 26.3 Å². The second-order valence-corrected chi connectivity index (χ2v) is 6.79. The minimum absolute atomic E-state index is 0.0149. The van der Waals surface area contributed by atoms with Crippen LogP contribution in [-0.4, -0.2) is 12.4 Å². The third kappa shape index (κ3) is 3.40. The minimum Gasteiger partial charge on any atom is -0.399 e. The summed E-state index contributed by atoms with van der Waals surface area (Å²) in [5, 5.41) is 0. The quantitative estimate of drug-likeness (QED) is 0.382. The van der Waals surface area contributed by atoms with Crippen LogP contribution in [0.1, 0.15) is 11.1 Å². The van der Waals surface area contributed by atoms with Crippen molar-refractivity contribution in [1.82, 2.24) is 0 Å². The summed E-state index contributed by atoms with van der Waals surface area (Å²) in [4.78, 5) is 0. The van der Waals surface area contributed by atoms with E-state index in [0.717, 1.165) is 42.5 Å². The predicted octanol–water partition coefficient (Wildman–Crippen LogP) is 5.51. The maximum absolute atomic E-state index is 14.4. The van der Waals surface area contributed by atoms with Gasteiger partial charge in [0.1, 0.15) is 0 Å². The molecule has 0 aromatic heterocycles. The van der Waals surface area contributed by atoms with Gasteiger partial charge in [-0.3, -0.25) is 0 Å². The second kappa shape index (κ2) is 7.16. The Balaban J connectivity index is 2.47. The number of hydrogen-bond acceptors (Lipinski definition) is 3. The third-order valence-corrected chi connectivity index (χ3v) is 4.86. The van der Waals surface area contributed by atoms with Crippen molar-refractivity contribution >= 4 is 17.1 Å². The first-order chi connectivity index (χ1) is 13.9. The van der Waals surface area contributed by atoms with Gasteiger partial charge in [0.25, 0.3) is 0 Å². The van der Waals surface area contributed by atoms with Gasteiger partial charge in [0.15, 0.2) is 0 Å². The monoisotopic (exact) mass is 425 g/mol. The topological polar surface area (TPSA) is 78.1 Å². The number of nitrogens with two attached hydrogens (primary N) is 3. The Labute approximate surface area is 168 Å². The Morgan fingerprint density at radius 1 is 0.533 bits per heavy atom. The molecule has 158 valence electrons. The lowest BCUT2D eigenvalue weighted by atomic mass is 9.70. The predicted molar refractivity (Wildman–Crippen MR) is 104 cm³/mol. The van der Waals surface area contributed by atoms with Gasteiger partial charge in [0.05, 0.1) is 0 Å². The van der Waals surface area contributed by atoms with Crippen molar-refractivity contribution in [2.75, 3.05) is 17.2 Å². The molecule has 0 saturated carbocycles. The molecule has 0 aliphatic rings. The van der Waals surface area contributed by atoms with E-state index in [1.165, 1.54) is 24.3 Å². The van der Waals surface area contributed by atoms with E-state index in [-0.39, 0.29) is 22.5 Å². The molecule has 0 unspecified atom stereocenters. The lowest BCUT2D eigenvalue weighted by molar-refractivity contribution is -0.288. The van der Waals surface area contributed by atoms with Crippen LogP contribution in [-0.2, 0) is 5.41 Å². The van der Waals surface area contributed by atoms with Crippen LogP contribution in [0.5, 0.6) is 0 Å². The maximum atomic E-state index is 14.4. The van der Waals surface area contributed by atoms with Crippen molar-refractivity contribution in [3.8, 4) is 11.1 Å². The van der Waals surface area contributed by atoms with Crippen molar-refractivity contribution in [2.45, 2.75) is 17.8 Å². The third-order valence-electron chi connectivity index (χ3n) is 4.86. The highest BCUT2D eigenvalue weighted by Gasteiger charge is 2.73. The molecule has 30 heavy (non-hydrogen) atoms. The van der Waals surface area contributed by atoms with Crippen LogP contribution < -0.4 is 17.2 Å². The number of rotatable bonds is 3. The number of nitrogen functional groups attached to an aromatic ring is 3. The highest BCUT2D eigenvalue weighted by Crippen LogP contribution is 2.58. The Kier molecular flexibility index (Phi) is 5.09. The second-order valence-electron chi connectivity index (χ2n) is 6.79. The molecule has 3 nitrogen and oxygen atoms in total. The van der Waals surface area contributed by atoms with Gasteiger partial charge in [0, 0.05) is 17.1 Å². The number of anilines is 3. The molecule has 0 aliphatic carbocycles. The molecule has 0 bridgehead atoms. The van der Waals surface area contributed by atoms with Crippen molar-refractivity contribution in [3.05, 3.63) is 77.9 Å². The Bertz CT molecular complexity index is 1020. The van der Waals surface area contributed by atoms with E-state index in [1.807, 2.05) is 0 Å². The lowest BCUT2D eigenvalue weighted by Gasteiger charge is -2.39. The molecule has 0 spiro atoms. The van der Waals surface area contributed by atoms with Gasteiger partial charge in [-0.2, -0.15) is 26.3 Å². The molecule has 0 radical (unpaired) electrons. The molecule has 3 aromatic rings. The van der Waals surface area contributed by atoms with Gasteiger partial charge in [-0.15, -0.1) is 0 Å². The van der Waals surface area contributed by atoms with Gasteiger partial charge in [0.2, 0.25) is 5.41 Å². The van der Waals surface area contributed by atoms with Crippen molar-refractivity contribution in [3.63, 3.8) is 0 Å². The van der Waals surface area contributed by atoms with Crippen LogP contribution in [0, 0.1) is 0 Å². The molecule has 3 aromatic carbocycles. The standard InChI is InChI=1S/C21H17F6N3/c22-20(23,24)19(21(25,26)27,13-3-7-15(29)8-4-13)18-10-9-16(30)11-17(18)12-1-5-14(28)6-2-12/h1-11H,28-30H2. The molecule has 9 heteroatoms. The fourth-order valence-corrected chi connectivity index (χ4v) is 3.47. The molecule has 0 fully saturated rings. The Hall–Kier alpha value is -3.36. The molecule has 0 aliphatic heterocycles. The van der Waals surface area contributed by atoms with Crippen molar-refractivity contribution in [1.29, 1.82) is 0 Å². The van der Waals surface area contributed by atoms with Crippen LogP contribution in [0.15, 0.2) is 66.7 Å². The molecule has 3 rings (SSSR count). The van der Waals surface area contributed by atoms with Crippen molar-refractivity contribution in [2.24, 2.45) is 0 Å². The summed E-state index contributed by atoms with van der Waals surface area (Å²) in [5.41, 5.74) is 10.7. The average molecular weight is 425 g/mol. The lowest BCUT2D eigenvalue weighted by Crippen LogP contribution is -2.55. The van der Waals surface area contributed by atoms with E-state index >= 15 is 0 Å². The highest BCUT2D eigenvalue weighted by molar-refractivity contribution is 5.75. The van der Waals surface area contributed by atoms with E-state index in [0.29, 0.717) is 5.69 Å². The van der Waals surface area contributed by atoms with E-state index in [1.54, 1.807) is 0 Å². The summed E-state index contributed by atoms with van der Waals surface area (Å²) in [5.74, 6) is 0. The van der Waals surface area contributed by atoms with Gasteiger partial charge < -0.3 is 17.2 Å². The van der Waals surface area contributed by atoms with Crippen LogP contribution in [0.25, 0.3) is 11.1 Å². The molecule has 0 saturated heterocycles. The molecule has 0 heterocycles. The normalized spacial score (nSPS) is 12.7. The zero-order chi connectivity index (χ0) is 22.3. The summed E-state index contributed by atoms with van der Waals surface area (Å²) in [6, 6.07) is 11.8. The number of halogens is 6. The summed E-state index contributed by atoms with van der Waals surface area (Å²) < 4.78 is 86.4. The molecular weight excluding hydrogens is 408 g/mol. The van der Waals surface area contributed by atoms with Crippen molar-refractivity contribution < 1.29 is 26.3 Å². The van der Waals surface area contributed by atoms with E-state index < -0.39 is 28.9 Å². The number of alkyl halides is 6. The van der Waals surface area contributed by atoms with E-state index in [2.05, 4.69) is 0 Å². The molecule has 0 atom stereocenters. The summed E-state index contributed by atoms with van der Waals surface area (Å²) in [7, 11) is 0. The van der Waals surface area contributed by atoms with Gasteiger partial charge in [-0.25, -0.2) is 0 Å². The highest BCUT2D eigenvalue weighted by atomic mass is 19.4. The first-order valence-electron chi connectivity index (χ1n) is 8.63. The van der Waals surface area contributed by atoms with Crippen LogP contribution in [0.2, 0.25) is 0 Å². The first-order valence-corrected chi connectivity index (χ1v) is 8.63. The number of hydrogen-bond donors (Lipinski definition) is 3. The van der Waals surface area contributed by atoms with Gasteiger partial charge >= 0.3 is 12.4 Å². The van der Waals surface area contributed by atoms with Gasteiger partial charge in [-0.1, -0.05) is 30.3 Å². The zero-order valence-corrected chi connectivity index (χ0v) is 15.4. The first kappa shape index (κ1) is 21.4. The molecule has 0 amide bonds. The largest absolute Gasteiger partial charge is 0.411 e. The SMILES string of the molecule is Nc1ccc(-c2cc(N)ccc2C(c2ccc(N)cc2)(C(F)(F)F)C(F)(F)F)cc1. The summed E-state index contributed by atoms with van der Waals surface area (Å²) >= 11 is 0. The Morgan fingerprint density at radius 2 is 0.967 bits per heavy atom. The Morgan fingerprint density at radius 3 is 1.43 bits per heavy atom. The molecular formula is C21H17F6N3. The fraction of sp³-hybridized carbons (Fsp3) is 0.143. The summed E-state index contributed by atoms with van der Waals surface area (Å²) in [6.45, 7) is 0. The smallest absolute Gasteiger partial charge is 0.399 e. The minimum atomic E-state index is -5.72. The maximum Gasteiger partial charge on any atom is 0.411 e. The van der Waals surface area contributed by atoms with E-state index in [4.69, 9.17) is 17.2 Å². The summed E-state index contributed by atoms with van der Waals surface area (Å²) in [6.07, 6.45) is -11.4. The van der Waals surface area contributed by atoms with Gasteiger partial charge in [-0.05, 0) is 58.7 Å². The van der Waals surface area contributed by atoms with Crippen LogP contribution in [0.4, 0.5) is 43.4 Å². The zero-order valence-electron chi connectivity index (χ0n) is 15.4. The molecule has 6 N–H and O–H groups in total.